The fraction of sp³-hybridized carbons (Fsp3) is 0.238. The summed E-state index contributed by atoms with van der Waals surface area (Å²) in [6.45, 7) is 0.196. The average molecular weight is 397 g/mol. The fourth-order valence-electron chi connectivity index (χ4n) is 2.77. The largest absolute Gasteiger partial charge is 0.493 e. The summed E-state index contributed by atoms with van der Waals surface area (Å²) >= 11 is 0. The lowest BCUT2D eigenvalue weighted by atomic mass is 10.1. The highest BCUT2D eigenvalue weighted by Crippen LogP contribution is 2.40. The molecule has 2 N–H and O–H groups in total. The molecule has 0 amide bonds. The molecule has 0 aliphatic heterocycles. The van der Waals surface area contributed by atoms with Gasteiger partial charge in [0.2, 0.25) is 11.7 Å². The summed E-state index contributed by atoms with van der Waals surface area (Å²) in [6, 6.07) is 12.9. The Kier molecular flexibility index (Phi) is 6.70. The third-order valence-electron chi connectivity index (χ3n) is 4.07. The first-order chi connectivity index (χ1) is 14.2. The van der Waals surface area contributed by atoms with Crippen molar-refractivity contribution in [1.82, 2.24) is 9.97 Å². The molecule has 2 aromatic carbocycles. The van der Waals surface area contributed by atoms with Crippen molar-refractivity contribution >= 4 is 11.6 Å². The molecule has 0 unspecified atom stereocenters. The van der Waals surface area contributed by atoms with Crippen molar-refractivity contribution in [1.29, 1.82) is 0 Å². The second kappa shape index (κ2) is 9.61. The van der Waals surface area contributed by atoms with Crippen LogP contribution in [0.2, 0.25) is 0 Å². The monoisotopic (exact) mass is 397 g/mol. The Morgan fingerprint density at radius 1 is 0.966 bits per heavy atom. The third-order valence-corrected chi connectivity index (χ3v) is 4.07. The molecule has 3 aromatic rings. The van der Waals surface area contributed by atoms with Gasteiger partial charge in [0.15, 0.2) is 11.5 Å². The summed E-state index contributed by atoms with van der Waals surface area (Å²) in [5, 5.41) is 12.1. The Morgan fingerprint density at radius 2 is 1.72 bits per heavy atom. The summed E-state index contributed by atoms with van der Waals surface area (Å²) in [6.07, 6.45) is 1.67. The number of ether oxygens (including phenoxy) is 4. The van der Waals surface area contributed by atoms with E-state index in [4.69, 9.17) is 24.1 Å². The first kappa shape index (κ1) is 20.2. The van der Waals surface area contributed by atoms with Crippen molar-refractivity contribution in [3.8, 4) is 34.3 Å². The van der Waals surface area contributed by atoms with Gasteiger partial charge in [0.1, 0.15) is 12.4 Å². The van der Waals surface area contributed by atoms with Crippen LogP contribution in [0.4, 0.5) is 11.6 Å². The molecule has 0 atom stereocenters. The van der Waals surface area contributed by atoms with E-state index in [1.165, 1.54) is 0 Å². The molecule has 1 heterocycles. The number of hydrogen-bond acceptors (Lipinski definition) is 8. The zero-order valence-corrected chi connectivity index (χ0v) is 16.5. The molecule has 0 aliphatic rings. The molecular weight excluding hydrogens is 374 g/mol. The number of nitrogens with zero attached hydrogens (tertiary/aromatic N) is 2. The van der Waals surface area contributed by atoms with Crippen LogP contribution < -0.4 is 24.3 Å². The number of benzene rings is 2. The summed E-state index contributed by atoms with van der Waals surface area (Å²) in [5.74, 6) is 2.64. The zero-order chi connectivity index (χ0) is 20.6. The predicted octanol–water partition coefficient (Wildman–Crippen LogP) is 3.28. The molecule has 0 spiro atoms. The molecule has 0 fully saturated rings. The van der Waals surface area contributed by atoms with E-state index in [1.807, 2.05) is 30.3 Å². The number of anilines is 2. The highest BCUT2D eigenvalue weighted by Gasteiger charge is 2.14. The Bertz CT molecular complexity index is 940. The van der Waals surface area contributed by atoms with Gasteiger partial charge in [0, 0.05) is 29.6 Å². The Hall–Kier alpha value is -3.52. The number of hydrogen-bond donors (Lipinski definition) is 2. The molecule has 0 saturated carbocycles. The maximum atomic E-state index is 8.92. The maximum Gasteiger partial charge on any atom is 0.227 e. The first-order valence-electron chi connectivity index (χ1n) is 8.92. The summed E-state index contributed by atoms with van der Waals surface area (Å²) in [7, 11) is 4.67. The van der Waals surface area contributed by atoms with Crippen LogP contribution in [0.1, 0.15) is 0 Å². The van der Waals surface area contributed by atoms with Crippen LogP contribution in [0, 0.1) is 0 Å². The molecule has 8 heteroatoms. The normalized spacial score (nSPS) is 10.3. The molecule has 0 radical (unpaired) electrons. The number of methoxy groups -OCH3 is 3. The minimum atomic E-state index is -0.0411. The lowest BCUT2D eigenvalue weighted by Gasteiger charge is -2.14. The molecule has 0 aliphatic carbocycles. The van der Waals surface area contributed by atoms with Gasteiger partial charge in [0.05, 0.1) is 33.6 Å². The smallest absolute Gasteiger partial charge is 0.227 e. The lowest BCUT2D eigenvalue weighted by Crippen LogP contribution is -2.02. The van der Waals surface area contributed by atoms with Gasteiger partial charge in [-0.15, -0.1) is 0 Å². The fourth-order valence-corrected chi connectivity index (χ4v) is 2.77. The van der Waals surface area contributed by atoms with Gasteiger partial charge in [0.25, 0.3) is 0 Å². The standard InChI is InChI=1S/C21H23N3O5/c1-26-18-12-15(13-19(27-2)20(18)28-3)23-21-22-8-7-17(24-21)14-5-4-6-16(11-14)29-10-9-25/h4-8,11-13,25H,9-10H2,1-3H3,(H,22,23,24). The van der Waals surface area contributed by atoms with E-state index < -0.39 is 0 Å². The van der Waals surface area contributed by atoms with Crippen LogP contribution in [-0.2, 0) is 0 Å². The van der Waals surface area contributed by atoms with Crippen molar-refractivity contribution in [2.24, 2.45) is 0 Å². The number of aliphatic hydroxyl groups is 1. The quantitative estimate of drug-likeness (QED) is 0.568. The van der Waals surface area contributed by atoms with Gasteiger partial charge in [-0.25, -0.2) is 9.97 Å². The van der Waals surface area contributed by atoms with E-state index >= 15 is 0 Å². The van der Waals surface area contributed by atoms with Gasteiger partial charge in [-0.1, -0.05) is 12.1 Å². The maximum absolute atomic E-state index is 8.92. The highest BCUT2D eigenvalue weighted by molar-refractivity contribution is 5.67. The van der Waals surface area contributed by atoms with Crippen molar-refractivity contribution < 1.29 is 24.1 Å². The topological polar surface area (TPSA) is 95.0 Å². The van der Waals surface area contributed by atoms with Gasteiger partial charge in [-0.3, -0.25) is 0 Å². The third kappa shape index (κ3) is 4.85. The lowest BCUT2D eigenvalue weighted by molar-refractivity contribution is 0.201. The number of aromatic nitrogens is 2. The van der Waals surface area contributed by atoms with E-state index in [0.717, 1.165) is 11.3 Å². The van der Waals surface area contributed by atoms with E-state index in [-0.39, 0.29) is 13.2 Å². The van der Waals surface area contributed by atoms with E-state index in [0.29, 0.717) is 34.6 Å². The number of nitrogens with one attached hydrogen (secondary N) is 1. The first-order valence-corrected chi connectivity index (χ1v) is 8.92. The van der Waals surface area contributed by atoms with Crippen LogP contribution in [0.15, 0.2) is 48.7 Å². The second-order valence-corrected chi connectivity index (χ2v) is 5.90. The van der Waals surface area contributed by atoms with Crippen molar-refractivity contribution in [3.05, 3.63) is 48.7 Å². The van der Waals surface area contributed by atoms with Crippen LogP contribution in [0.3, 0.4) is 0 Å². The summed E-state index contributed by atoms with van der Waals surface area (Å²) in [5.41, 5.74) is 2.29. The minimum Gasteiger partial charge on any atom is -0.493 e. The number of aliphatic hydroxyl groups excluding tert-OH is 1. The van der Waals surface area contributed by atoms with Crippen LogP contribution in [0.5, 0.6) is 23.0 Å². The van der Waals surface area contributed by atoms with E-state index in [1.54, 1.807) is 39.7 Å². The van der Waals surface area contributed by atoms with Crippen LogP contribution in [0.25, 0.3) is 11.3 Å². The second-order valence-electron chi connectivity index (χ2n) is 5.90. The predicted molar refractivity (Wildman–Crippen MR) is 109 cm³/mol. The highest BCUT2D eigenvalue weighted by atomic mass is 16.5. The Balaban J connectivity index is 1.87. The van der Waals surface area contributed by atoms with Crippen molar-refractivity contribution in [2.45, 2.75) is 0 Å². The summed E-state index contributed by atoms with van der Waals surface area (Å²) in [4.78, 5) is 8.86. The van der Waals surface area contributed by atoms with E-state index in [2.05, 4.69) is 15.3 Å². The van der Waals surface area contributed by atoms with Gasteiger partial charge in [-0.05, 0) is 18.2 Å². The molecule has 29 heavy (non-hydrogen) atoms. The average Bonchev–Trinajstić information content (AvgIpc) is 2.77. The molecule has 0 bridgehead atoms. The molecule has 3 rings (SSSR count). The van der Waals surface area contributed by atoms with Crippen LogP contribution >= 0.6 is 0 Å². The Labute approximate surface area is 169 Å². The minimum absolute atomic E-state index is 0.0411. The zero-order valence-electron chi connectivity index (χ0n) is 16.5. The molecule has 0 saturated heterocycles. The molecule has 8 nitrogen and oxygen atoms in total. The number of rotatable bonds is 9. The van der Waals surface area contributed by atoms with E-state index in [9.17, 15) is 0 Å². The molecule has 1 aromatic heterocycles. The molecular formula is C21H23N3O5. The SMILES string of the molecule is COc1cc(Nc2nccc(-c3cccc(OCCO)c3)n2)cc(OC)c1OC. The van der Waals surface area contributed by atoms with Crippen molar-refractivity contribution in [2.75, 3.05) is 39.9 Å². The van der Waals surface area contributed by atoms with Gasteiger partial charge >= 0.3 is 0 Å². The van der Waals surface area contributed by atoms with Gasteiger partial charge in [-0.2, -0.15) is 0 Å². The van der Waals surface area contributed by atoms with Crippen LogP contribution in [-0.4, -0.2) is 49.6 Å². The summed E-state index contributed by atoms with van der Waals surface area (Å²) < 4.78 is 21.6. The van der Waals surface area contributed by atoms with Gasteiger partial charge < -0.3 is 29.4 Å². The Morgan fingerprint density at radius 3 is 2.38 bits per heavy atom. The molecule has 152 valence electrons. The van der Waals surface area contributed by atoms with Crippen molar-refractivity contribution in [3.63, 3.8) is 0 Å².